The zero-order valence-electron chi connectivity index (χ0n) is 17.4. The molecule has 3 aromatic rings. The highest BCUT2D eigenvalue weighted by Crippen LogP contribution is 2.29. The summed E-state index contributed by atoms with van der Waals surface area (Å²) in [6.07, 6.45) is 1.63. The highest BCUT2D eigenvalue weighted by Gasteiger charge is 2.20. The second-order valence-corrected chi connectivity index (χ2v) is 7.78. The number of hydrogen-bond donors (Lipinski definition) is 0. The summed E-state index contributed by atoms with van der Waals surface area (Å²) >= 11 is 1.64. The number of methoxy groups -OCH3 is 1. The maximum atomic E-state index is 6.22. The third kappa shape index (κ3) is 5.01. The number of nitrogens with zero attached hydrogens (tertiary/aromatic N) is 3. The number of thioether (sulfide) groups is 1. The Labute approximate surface area is 176 Å². The molecule has 1 unspecified atom stereocenters. The van der Waals surface area contributed by atoms with E-state index in [1.165, 1.54) is 11.1 Å². The summed E-state index contributed by atoms with van der Waals surface area (Å²) < 4.78 is 13.6. The van der Waals surface area contributed by atoms with E-state index >= 15 is 0 Å². The van der Waals surface area contributed by atoms with Crippen molar-refractivity contribution < 1.29 is 9.47 Å². The molecule has 0 bridgehead atoms. The van der Waals surface area contributed by atoms with E-state index in [9.17, 15) is 0 Å². The smallest absolute Gasteiger partial charge is 0.191 e. The monoisotopic (exact) mass is 409 g/mol. The minimum Gasteiger partial charge on any atom is -0.497 e. The number of benzene rings is 2. The summed E-state index contributed by atoms with van der Waals surface area (Å²) in [7, 11) is 1.68. The summed E-state index contributed by atoms with van der Waals surface area (Å²) in [5.41, 5.74) is 3.52. The first-order chi connectivity index (χ1) is 14.0. The first-order valence-corrected chi connectivity index (χ1v) is 10.5. The van der Waals surface area contributed by atoms with Crippen molar-refractivity contribution in [3.8, 4) is 11.5 Å². The number of allylic oxidation sites excluding steroid dienone is 1. The molecule has 0 aliphatic heterocycles. The predicted molar refractivity (Wildman–Crippen MR) is 118 cm³/mol. The molecule has 0 radical (unpaired) electrons. The highest BCUT2D eigenvalue weighted by molar-refractivity contribution is 7.98. The Bertz CT molecular complexity index is 984. The molecule has 6 heteroatoms. The van der Waals surface area contributed by atoms with E-state index in [1.54, 1.807) is 18.9 Å². The third-order valence-corrected chi connectivity index (χ3v) is 5.82. The third-order valence-electron chi connectivity index (χ3n) is 4.78. The summed E-state index contributed by atoms with van der Waals surface area (Å²) in [4.78, 5) is 0. The predicted octanol–water partition coefficient (Wildman–Crippen LogP) is 5.52. The maximum Gasteiger partial charge on any atom is 0.191 e. The Hall–Kier alpha value is -2.73. The van der Waals surface area contributed by atoms with Crippen molar-refractivity contribution >= 4 is 11.8 Å². The zero-order chi connectivity index (χ0) is 20.8. The van der Waals surface area contributed by atoms with Crippen LogP contribution >= 0.6 is 11.8 Å². The van der Waals surface area contributed by atoms with Crippen LogP contribution in [0.1, 0.15) is 35.5 Å². The van der Waals surface area contributed by atoms with Crippen molar-refractivity contribution in [1.82, 2.24) is 14.8 Å². The molecular formula is C23H27N3O2S. The molecule has 1 heterocycles. The molecule has 0 fully saturated rings. The lowest BCUT2D eigenvalue weighted by atomic mass is 10.1. The van der Waals surface area contributed by atoms with Crippen molar-refractivity contribution in [1.29, 1.82) is 0 Å². The quantitative estimate of drug-likeness (QED) is 0.344. The van der Waals surface area contributed by atoms with Gasteiger partial charge in [0, 0.05) is 12.3 Å². The summed E-state index contributed by atoms with van der Waals surface area (Å²) in [5.74, 6) is 3.29. The zero-order valence-corrected chi connectivity index (χ0v) is 18.2. The van der Waals surface area contributed by atoms with E-state index in [0.29, 0.717) is 6.54 Å². The first kappa shape index (κ1) is 21.0. The molecule has 0 spiro atoms. The van der Waals surface area contributed by atoms with E-state index in [0.717, 1.165) is 33.8 Å². The Balaban J connectivity index is 1.78. The molecule has 0 aliphatic carbocycles. The summed E-state index contributed by atoms with van der Waals surface area (Å²) in [5, 5.41) is 9.68. The summed E-state index contributed by atoms with van der Waals surface area (Å²) in [6, 6.07) is 14.1. The Kier molecular flexibility index (Phi) is 6.99. The highest BCUT2D eigenvalue weighted by atomic mass is 32.2. The SMILES string of the molecule is C=CCn1c(SCc2cccc(OC)c2)nnc1C(C)Oc1cccc(C)c1C. The van der Waals surface area contributed by atoms with Gasteiger partial charge in [0.25, 0.3) is 0 Å². The van der Waals surface area contributed by atoms with Crippen LogP contribution in [0.5, 0.6) is 11.5 Å². The summed E-state index contributed by atoms with van der Waals surface area (Å²) in [6.45, 7) is 10.7. The van der Waals surface area contributed by atoms with Crippen molar-refractivity contribution in [3.05, 3.63) is 77.6 Å². The molecule has 0 amide bonds. The molecule has 0 aliphatic rings. The van der Waals surface area contributed by atoms with Gasteiger partial charge in [-0.2, -0.15) is 0 Å². The van der Waals surface area contributed by atoms with Gasteiger partial charge in [0.2, 0.25) is 0 Å². The number of hydrogen-bond acceptors (Lipinski definition) is 5. The van der Waals surface area contributed by atoms with Gasteiger partial charge >= 0.3 is 0 Å². The second kappa shape index (κ2) is 9.65. The van der Waals surface area contributed by atoms with Crippen LogP contribution in [0.4, 0.5) is 0 Å². The lowest BCUT2D eigenvalue weighted by Crippen LogP contribution is -2.12. The normalized spacial score (nSPS) is 11.9. The van der Waals surface area contributed by atoms with Gasteiger partial charge in [-0.1, -0.05) is 42.1 Å². The fourth-order valence-corrected chi connectivity index (χ4v) is 3.91. The molecule has 1 atom stereocenters. The van der Waals surface area contributed by atoms with Crippen LogP contribution < -0.4 is 9.47 Å². The number of ether oxygens (including phenoxy) is 2. The average Bonchev–Trinajstić information content (AvgIpc) is 3.13. The molecular weight excluding hydrogens is 382 g/mol. The van der Waals surface area contributed by atoms with Crippen molar-refractivity contribution in [2.45, 2.75) is 44.3 Å². The van der Waals surface area contributed by atoms with Gasteiger partial charge in [-0.05, 0) is 55.7 Å². The molecule has 29 heavy (non-hydrogen) atoms. The fraction of sp³-hybridized carbons (Fsp3) is 0.304. The van der Waals surface area contributed by atoms with Crippen LogP contribution in [0, 0.1) is 13.8 Å². The van der Waals surface area contributed by atoms with Gasteiger partial charge in [-0.25, -0.2) is 0 Å². The Morgan fingerprint density at radius 2 is 1.97 bits per heavy atom. The number of aryl methyl sites for hydroxylation is 1. The van der Waals surface area contributed by atoms with Crippen LogP contribution in [0.25, 0.3) is 0 Å². The minimum absolute atomic E-state index is 0.228. The first-order valence-electron chi connectivity index (χ1n) is 9.56. The van der Waals surface area contributed by atoms with E-state index in [4.69, 9.17) is 9.47 Å². The Morgan fingerprint density at radius 3 is 2.72 bits per heavy atom. The standard InChI is InChI=1S/C23H27N3O2S/c1-6-13-26-22(18(4)28-21-12-7-9-16(2)17(21)3)24-25-23(26)29-15-19-10-8-11-20(14-19)27-5/h6-12,14,18H,1,13,15H2,2-5H3. The van der Waals surface area contributed by atoms with Crippen LogP contribution in [-0.4, -0.2) is 21.9 Å². The van der Waals surface area contributed by atoms with Gasteiger partial charge in [-0.3, -0.25) is 4.57 Å². The van der Waals surface area contributed by atoms with Gasteiger partial charge < -0.3 is 9.47 Å². The molecule has 3 rings (SSSR count). The Morgan fingerprint density at radius 1 is 1.17 bits per heavy atom. The molecule has 0 saturated carbocycles. The van der Waals surface area contributed by atoms with Crippen molar-refractivity contribution in [2.24, 2.45) is 0 Å². The van der Waals surface area contributed by atoms with E-state index in [1.807, 2.05) is 43.3 Å². The van der Waals surface area contributed by atoms with Crippen LogP contribution in [0.15, 0.2) is 60.3 Å². The largest absolute Gasteiger partial charge is 0.497 e. The number of rotatable bonds is 9. The van der Waals surface area contributed by atoms with Crippen LogP contribution in [0.2, 0.25) is 0 Å². The molecule has 152 valence electrons. The van der Waals surface area contributed by atoms with Crippen molar-refractivity contribution in [3.63, 3.8) is 0 Å². The van der Waals surface area contributed by atoms with Gasteiger partial charge in [0.1, 0.15) is 11.5 Å². The second-order valence-electron chi connectivity index (χ2n) is 6.84. The lowest BCUT2D eigenvalue weighted by Gasteiger charge is -2.18. The van der Waals surface area contributed by atoms with E-state index in [2.05, 4.69) is 47.3 Å². The molecule has 0 N–H and O–H groups in total. The topological polar surface area (TPSA) is 49.2 Å². The fourth-order valence-electron chi connectivity index (χ4n) is 3.01. The molecule has 0 saturated heterocycles. The van der Waals surface area contributed by atoms with Gasteiger partial charge in [-0.15, -0.1) is 16.8 Å². The average molecular weight is 410 g/mol. The van der Waals surface area contributed by atoms with Gasteiger partial charge in [0.05, 0.1) is 7.11 Å². The van der Waals surface area contributed by atoms with Crippen molar-refractivity contribution in [2.75, 3.05) is 7.11 Å². The number of aromatic nitrogens is 3. The van der Waals surface area contributed by atoms with Gasteiger partial charge in [0.15, 0.2) is 17.1 Å². The van der Waals surface area contributed by atoms with Crippen LogP contribution in [0.3, 0.4) is 0 Å². The maximum absolute atomic E-state index is 6.22. The molecule has 1 aromatic heterocycles. The minimum atomic E-state index is -0.228. The van der Waals surface area contributed by atoms with Crippen LogP contribution in [-0.2, 0) is 12.3 Å². The lowest BCUT2D eigenvalue weighted by molar-refractivity contribution is 0.209. The van der Waals surface area contributed by atoms with E-state index < -0.39 is 0 Å². The molecule has 5 nitrogen and oxygen atoms in total. The van der Waals surface area contributed by atoms with E-state index in [-0.39, 0.29) is 6.10 Å². The molecule has 2 aromatic carbocycles.